The van der Waals surface area contributed by atoms with Crippen molar-refractivity contribution in [1.82, 2.24) is 65.1 Å². The van der Waals surface area contributed by atoms with Gasteiger partial charge in [-0.25, -0.2) is 14.6 Å². The molecule has 3 N–H and O–H groups in total. The molecule has 0 atom stereocenters. The molecule has 0 radical (unpaired) electrons. The van der Waals surface area contributed by atoms with E-state index in [0.717, 1.165) is 105 Å². The third-order valence-electron chi connectivity index (χ3n) is 14.9. The minimum atomic E-state index is 0.609. The molecule has 0 spiro atoms. The number of benzene rings is 4. The van der Waals surface area contributed by atoms with Crippen molar-refractivity contribution in [3.8, 4) is 45.4 Å². The van der Waals surface area contributed by atoms with Crippen LogP contribution in [0.25, 0.3) is 72.2 Å². The summed E-state index contributed by atoms with van der Waals surface area (Å²) in [5.41, 5.74) is 16.7. The molecule has 11 aromatic heterocycles. The standard InChI is InChI=1S/C12H11N.C10H10N2O.3C9H8N2.2C8H6N2O.C8H9N.C6H4N2S/c1-3-9-4-2-6-11-8-13-7-10(5-1)12(9)11;1-13-10-5-2-4-9(8-10)12-7-3-6-11-12;1-3-8(7-10-5-1)9-4-2-6-11-9;1-2-9(11-5-1)8-3-6-10-7-4-8;1-2-6-10-8(4-1)9-5-3-7-11-9;1-2-7(6-9-4-1)8-3-5-11-10-8;1-2-7(6-9-3-1)8-10-4-5-11-8;1-2-4-8-7(3-1)5-6-9-8;1-4-9-6-5(1)7-2-3-8-6/h1-6,13H,7-8H2;2-8H,1H3;1-7,11H;2-7H,1H2;1-2,4-7H,3H2;2*1-6H;1-4,9H,5-6H2;1-4H. The molecule has 0 amide bonds. The number of fused-ring (bicyclic) bond motifs is 2. The van der Waals surface area contributed by atoms with Crippen molar-refractivity contribution in [2.75, 3.05) is 19.0 Å². The van der Waals surface area contributed by atoms with Crippen molar-refractivity contribution in [2.24, 2.45) is 9.98 Å². The number of allylic oxidation sites excluding steroid dienone is 2. The van der Waals surface area contributed by atoms with Crippen LogP contribution in [0.5, 0.6) is 5.75 Å². The average molecular weight is 1320 g/mol. The van der Waals surface area contributed by atoms with Crippen LogP contribution in [-0.2, 0) is 19.5 Å². The molecule has 490 valence electrons. The van der Waals surface area contributed by atoms with Gasteiger partial charge in [0.2, 0.25) is 5.89 Å². The number of ether oxygens (including phenoxy) is 1. The predicted molar refractivity (Wildman–Crippen MR) is 395 cm³/mol. The zero-order chi connectivity index (χ0) is 67.6. The number of H-pyrrole nitrogens is 1. The highest BCUT2D eigenvalue weighted by atomic mass is 32.1. The number of hydrogen-bond donors (Lipinski definition) is 3. The SMILES string of the molecule is C1=NC(c2ccccn2)=CC1.C1=NC(c2ccncc2)=CC1.COc1cccc(-n2cccn2)c1.c1cc2c3c(cccc3c1)CNC2.c1ccc2c(c1)CCN2.c1cnc2sccc2n1.c1cncc(-c2ccc[nH]2)c1.c1cncc(-c2ccon2)c1.c1cncc(-c2ncco2)c1. The minimum absolute atomic E-state index is 0.609. The first-order valence-corrected chi connectivity index (χ1v) is 32.7. The molecule has 4 aliphatic heterocycles. The Labute approximate surface area is 577 Å². The number of aliphatic imine (C=N–C) groups is 2. The summed E-state index contributed by atoms with van der Waals surface area (Å²) < 4.78 is 16.7. The van der Waals surface area contributed by atoms with Crippen molar-refractivity contribution in [1.29, 1.82) is 0 Å². The fraction of sp³-hybridized carbons (Fsp3) is 0.0886. The molecule has 0 bridgehead atoms. The fourth-order valence-electron chi connectivity index (χ4n) is 10.1. The third kappa shape index (κ3) is 20.6. The first-order valence-electron chi connectivity index (χ1n) is 31.8. The van der Waals surface area contributed by atoms with Crippen molar-refractivity contribution in [3.63, 3.8) is 0 Å². The summed E-state index contributed by atoms with van der Waals surface area (Å²) in [7, 11) is 1.65. The smallest absolute Gasteiger partial charge is 0.227 e. The normalized spacial score (nSPS) is 12.1. The number of aromatic amines is 1. The molecule has 19 nitrogen and oxygen atoms in total. The number of thiophene rings is 1. The van der Waals surface area contributed by atoms with E-state index in [4.69, 9.17) is 13.7 Å². The van der Waals surface area contributed by atoms with E-state index in [1.54, 1.807) is 116 Å². The van der Waals surface area contributed by atoms with Gasteiger partial charge in [0.15, 0.2) is 0 Å². The van der Waals surface area contributed by atoms with Gasteiger partial charge in [0, 0.05) is 172 Å². The van der Waals surface area contributed by atoms with Crippen LogP contribution >= 0.6 is 11.3 Å². The number of nitrogens with zero attached hydrogens (tertiary/aromatic N) is 13. The maximum atomic E-state index is 5.11. The topological polar surface area (TPSA) is 234 Å². The molecule has 0 aliphatic carbocycles. The number of hydrogen-bond acceptors (Lipinski definition) is 18. The van der Waals surface area contributed by atoms with Gasteiger partial charge in [0.25, 0.3) is 0 Å². The van der Waals surface area contributed by atoms with Crippen LogP contribution in [0.2, 0.25) is 0 Å². The maximum absolute atomic E-state index is 5.11. The van der Waals surface area contributed by atoms with Crippen LogP contribution < -0.4 is 15.4 Å². The highest BCUT2D eigenvalue weighted by molar-refractivity contribution is 7.16. The third-order valence-corrected chi connectivity index (χ3v) is 15.7. The molecule has 4 aromatic carbocycles. The van der Waals surface area contributed by atoms with Crippen LogP contribution in [-0.4, -0.2) is 85.9 Å². The molecule has 4 aliphatic rings. The summed E-state index contributed by atoms with van der Waals surface area (Å²) in [6.07, 6.45) is 40.6. The zero-order valence-electron chi connectivity index (χ0n) is 54.2. The lowest BCUT2D eigenvalue weighted by Gasteiger charge is -2.17. The van der Waals surface area contributed by atoms with Gasteiger partial charge < -0.3 is 29.3 Å². The van der Waals surface area contributed by atoms with E-state index >= 15 is 0 Å². The van der Waals surface area contributed by atoms with Gasteiger partial charge in [0.1, 0.15) is 28.8 Å². The second kappa shape index (κ2) is 37.3. The first kappa shape index (κ1) is 67.6. The first-order chi connectivity index (χ1) is 49.1. The molecule has 0 saturated carbocycles. The molecular formula is C79H70N16O3S. The van der Waals surface area contributed by atoms with Gasteiger partial charge in [-0.1, -0.05) is 84.0 Å². The molecule has 19 rings (SSSR count). The zero-order valence-corrected chi connectivity index (χ0v) is 55.0. The van der Waals surface area contributed by atoms with E-state index < -0.39 is 0 Å². The van der Waals surface area contributed by atoms with Crippen LogP contribution in [0.3, 0.4) is 0 Å². The number of nitrogens with one attached hydrogen (secondary N) is 3. The van der Waals surface area contributed by atoms with Crippen molar-refractivity contribution in [2.45, 2.75) is 32.4 Å². The quantitative estimate of drug-likeness (QED) is 0.135. The van der Waals surface area contributed by atoms with Gasteiger partial charge in [-0.3, -0.25) is 39.9 Å². The summed E-state index contributed by atoms with van der Waals surface area (Å²) in [6.45, 7) is 3.13. The van der Waals surface area contributed by atoms with Gasteiger partial charge in [-0.05, 0) is 142 Å². The Morgan fingerprint density at radius 2 is 1.25 bits per heavy atom. The monoisotopic (exact) mass is 1320 g/mol. The van der Waals surface area contributed by atoms with Crippen LogP contribution in [0.15, 0.2) is 324 Å². The summed E-state index contributed by atoms with van der Waals surface area (Å²) in [5, 5.41) is 19.4. The van der Waals surface area contributed by atoms with Gasteiger partial charge in [-0.2, -0.15) is 5.10 Å². The average Bonchev–Trinajstić information content (AvgIpc) is 1.07. The number of methoxy groups -OCH3 is 1. The van der Waals surface area contributed by atoms with Crippen LogP contribution in [0.1, 0.15) is 40.8 Å². The number of aromatic nitrogens is 12. The predicted octanol–water partition coefficient (Wildman–Crippen LogP) is 17.0. The molecule has 99 heavy (non-hydrogen) atoms. The number of oxazole rings is 1. The molecule has 15 aromatic rings. The summed E-state index contributed by atoms with van der Waals surface area (Å²) in [4.78, 5) is 44.7. The van der Waals surface area contributed by atoms with Gasteiger partial charge in [-0.15, -0.1) is 11.3 Å². The molecule has 20 heteroatoms. The van der Waals surface area contributed by atoms with E-state index in [1.807, 2.05) is 152 Å². The lowest BCUT2D eigenvalue weighted by atomic mass is 9.96. The highest BCUT2D eigenvalue weighted by Gasteiger charge is 2.11. The number of pyridine rings is 5. The number of rotatable bonds is 7. The van der Waals surface area contributed by atoms with Gasteiger partial charge in [0.05, 0.1) is 47.2 Å². The molecule has 0 fully saturated rings. The Morgan fingerprint density at radius 1 is 0.525 bits per heavy atom. The van der Waals surface area contributed by atoms with Crippen LogP contribution in [0, 0.1) is 0 Å². The van der Waals surface area contributed by atoms with Crippen molar-refractivity contribution in [3.05, 3.63) is 333 Å². The Hall–Kier alpha value is -12.8. The van der Waals surface area contributed by atoms with Crippen LogP contribution in [0.4, 0.5) is 5.69 Å². The van der Waals surface area contributed by atoms with Crippen molar-refractivity contribution >= 4 is 62.0 Å². The van der Waals surface area contributed by atoms with E-state index in [-0.39, 0.29) is 0 Å². The summed E-state index contributed by atoms with van der Waals surface area (Å²) >= 11 is 1.61. The fourth-order valence-corrected chi connectivity index (χ4v) is 10.8. The van der Waals surface area contributed by atoms with E-state index in [0.29, 0.717) is 5.89 Å². The second-order valence-corrected chi connectivity index (χ2v) is 22.3. The lowest BCUT2D eigenvalue weighted by molar-refractivity contribution is 0.414. The van der Waals surface area contributed by atoms with E-state index in [1.165, 1.54) is 39.6 Å². The Morgan fingerprint density at radius 3 is 1.89 bits per heavy atom. The van der Waals surface area contributed by atoms with Crippen molar-refractivity contribution < 1.29 is 13.7 Å². The lowest BCUT2D eigenvalue weighted by Crippen LogP contribution is -2.18. The highest BCUT2D eigenvalue weighted by Crippen LogP contribution is 2.27. The molecule has 0 saturated heterocycles. The second-order valence-electron chi connectivity index (χ2n) is 21.4. The molecule has 15 heterocycles. The Kier molecular flexibility index (Phi) is 25.5. The maximum Gasteiger partial charge on any atom is 0.227 e. The Bertz CT molecular complexity index is 4560. The van der Waals surface area contributed by atoms with Gasteiger partial charge >= 0.3 is 0 Å². The molecule has 0 unspecified atom stereocenters. The Balaban J connectivity index is 0.000000113. The minimum Gasteiger partial charge on any atom is -0.497 e. The van der Waals surface area contributed by atoms with E-state index in [2.05, 4.69) is 149 Å². The largest absolute Gasteiger partial charge is 0.497 e. The molecular weight excluding hydrogens is 1250 g/mol. The number of para-hydroxylation sites is 1. The number of anilines is 1. The summed E-state index contributed by atoms with van der Waals surface area (Å²) in [5.74, 6) is 1.45. The van der Waals surface area contributed by atoms with E-state index in [9.17, 15) is 0 Å². The summed E-state index contributed by atoms with van der Waals surface area (Å²) in [6, 6.07) is 60.2.